The fourth-order valence-electron chi connectivity index (χ4n) is 3.58. The first-order valence-corrected chi connectivity index (χ1v) is 11.5. The van der Waals surface area contributed by atoms with E-state index < -0.39 is 0 Å². The van der Waals surface area contributed by atoms with Gasteiger partial charge in [0.25, 0.3) is 11.1 Å². The predicted molar refractivity (Wildman–Crippen MR) is 129 cm³/mol. The molecule has 4 rings (SSSR count). The molecule has 0 radical (unpaired) electrons. The van der Waals surface area contributed by atoms with E-state index in [4.69, 9.17) is 21.1 Å². The molecule has 1 saturated heterocycles. The molecule has 3 aromatic carbocycles. The lowest BCUT2D eigenvalue weighted by molar-refractivity contribution is -0.123. The van der Waals surface area contributed by atoms with Crippen LogP contribution >= 0.6 is 23.4 Å². The summed E-state index contributed by atoms with van der Waals surface area (Å²) in [6.45, 7) is 4.90. The predicted octanol–water partition coefficient (Wildman–Crippen LogP) is 6.53. The molecule has 0 atom stereocenters. The second-order valence-corrected chi connectivity index (χ2v) is 8.49. The van der Waals surface area contributed by atoms with E-state index in [1.807, 2.05) is 56.3 Å². The van der Waals surface area contributed by atoms with E-state index >= 15 is 0 Å². The van der Waals surface area contributed by atoms with Gasteiger partial charge in [0.1, 0.15) is 0 Å². The molecule has 0 spiro atoms. The van der Waals surface area contributed by atoms with Crippen molar-refractivity contribution in [3.63, 3.8) is 0 Å². The molecule has 2 amide bonds. The van der Waals surface area contributed by atoms with Gasteiger partial charge < -0.3 is 9.47 Å². The lowest BCUT2D eigenvalue weighted by Gasteiger charge is -2.14. The molecule has 7 heteroatoms. The van der Waals surface area contributed by atoms with Crippen LogP contribution in [0.3, 0.4) is 0 Å². The summed E-state index contributed by atoms with van der Waals surface area (Å²) in [7, 11) is 0. The van der Waals surface area contributed by atoms with Crippen molar-refractivity contribution in [1.82, 2.24) is 4.90 Å². The largest absolute Gasteiger partial charge is 0.490 e. The third-order valence-corrected chi connectivity index (χ3v) is 6.27. The number of ether oxygens (including phenoxy) is 2. The van der Waals surface area contributed by atoms with Gasteiger partial charge in [-0.05, 0) is 59.7 Å². The summed E-state index contributed by atoms with van der Waals surface area (Å²) < 4.78 is 11.2. The molecule has 1 heterocycles. The standard InChI is InChI=1S/C25H22ClNO4S/c1-3-30-21-12-18(20(26)14-22(21)31-4-2)13-23-24(28)27(25(29)32-23)15-17-10-7-9-16-8-5-6-11-19(16)17/h5-14H,3-4,15H2,1-2H3/b23-13+. The molecule has 3 aromatic rings. The Morgan fingerprint density at radius 1 is 0.969 bits per heavy atom. The van der Waals surface area contributed by atoms with Gasteiger partial charge in [-0.15, -0.1) is 0 Å². The maximum atomic E-state index is 13.1. The lowest BCUT2D eigenvalue weighted by atomic mass is 10.0. The van der Waals surface area contributed by atoms with Gasteiger partial charge in [0, 0.05) is 6.07 Å². The quantitative estimate of drug-likeness (QED) is 0.370. The number of carbonyl (C=O) groups is 2. The van der Waals surface area contributed by atoms with Crippen LogP contribution in [0.15, 0.2) is 59.5 Å². The Kier molecular flexibility index (Phi) is 6.72. The van der Waals surface area contributed by atoms with Crippen LogP contribution < -0.4 is 9.47 Å². The Bertz CT molecular complexity index is 1220. The molecule has 164 valence electrons. The Morgan fingerprint density at radius 3 is 2.41 bits per heavy atom. The number of rotatable bonds is 7. The van der Waals surface area contributed by atoms with Crippen molar-refractivity contribution in [2.45, 2.75) is 20.4 Å². The van der Waals surface area contributed by atoms with Gasteiger partial charge in [-0.2, -0.15) is 0 Å². The van der Waals surface area contributed by atoms with Crippen molar-refractivity contribution in [2.24, 2.45) is 0 Å². The maximum Gasteiger partial charge on any atom is 0.293 e. The van der Waals surface area contributed by atoms with E-state index in [1.54, 1.807) is 18.2 Å². The minimum absolute atomic E-state index is 0.213. The smallest absolute Gasteiger partial charge is 0.293 e. The first-order valence-electron chi connectivity index (χ1n) is 10.3. The van der Waals surface area contributed by atoms with Gasteiger partial charge >= 0.3 is 0 Å². The SMILES string of the molecule is CCOc1cc(Cl)c(/C=C2/SC(=O)N(Cc3cccc4ccccc34)C2=O)cc1OCC. The van der Waals surface area contributed by atoms with Crippen molar-refractivity contribution in [3.8, 4) is 11.5 Å². The fourth-order valence-corrected chi connectivity index (χ4v) is 4.61. The van der Waals surface area contributed by atoms with E-state index in [0.717, 1.165) is 28.1 Å². The van der Waals surface area contributed by atoms with Crippen LogP contribution in [-0.4, -0.2) is 29.3 Å². The molecule has 0 saturated carbocycles. The molecule has 1 aliphatic rings. The minimum Gasteiger partial charge on any atom is -0.490 e. The van der Waals surface area contributed by atoms with Crippen LogP contribution in [0.5, 0.6) is 11.5 Å². The number of halogens is 1. The third-order valence-electron chi connectivity index (χ3n) is 5.03. The van der Waals surface area contributed by atoms with Gasteiger partial charge in [-0.25, -0.2) is 0 Å². The topological polar surface area (TPSA) is 55.8 Å². The number of thioether (sulfide) groups is 1. The van der Waals surface area contributed by atoms with E-state index in [2.05, 4.69) is 0 Å². The molecule has 5 nitrogen and oxygen atoms in total. The molecule has 0 bridgehead atoms. The number of hydrogen-bond acceptors (Lipinski definition) is 5. The lowest BCUT2D eigenvalue weighted by Crippen LogP contribution is -2.27. The second-order valence-electron chi connectivity index (χ2n) is 7.09. The summed E-state index contributed by atoms with van der Waals surface area (Å²) >= 11 is 7.34. The summed E-state index contributed by atoms with van der Waals surface area (Å²) in [5.41, 5.74) is 1.51. The number of fused-ring (bicyclic) bond motifs is 1. The highest BCUT2D eigenvalue weighted by Crippen LogP contribution is 2.38. The monoisotopic (exact) mass is 467 g/mol. The molecular formula is C25H22ClNO4S. The summed E-state index contributed by atoms with van der Waals surface area (Å²) in [5.74, 6) is 0.747. The zero-order valence-corrected chi connectivity index (χ0v) is 19.3. The first kappa shape index (κ1) is 22.2. The third kappa shape index (κ3) is 4.47. The van der Waals surface area contributed by atoms with Crippen LogP contribution in [0.2, 0.25) is 5.02 Å². The van der Waals surface area contributed by atoms with Gasteiger partial charge in [-0.3, -0.25) is 14.5 Å². The van der Waals surface area contributed by atoms with Gasteiger partial charge in [0.05, 0.1) is 29.7 Å². The zero-order chi connectivity index (χ0) is 22.7. The van der Waals surface area contributed by atoms with Crippen molar-refractivity contribution in [3.05, 3.63) is 75.7 Å². The highest BCUT2D eigenvalue weighted by molar-refractivity contribution is 8.18. The maximum absolute atomic E-state index is 13.1. The van der Waals surface area contributed by atoms with Crippen molar-refractivity contribution >= 4 is 51.4 Å². The summed E-state index contributed by atoms with van der Waals surface area (Å²) in [6.07, 6.45) is 1.63. The van der Waals surface area contributed by atoms with Crippen molar-refractivity contribution in [1.29, 1.82) is 0 Å². The normalized spacial score (nSPS) is 15.1. The number of nitrogens with zero attached hydrogens (tertiary/aromatic N) is 1. The molecule has 1 aliphatic heterocycles. The highest BCUT2D eigenvalue weighted by atomic mass is 35.5. The van der Waals surface area contributed by atoms with Gasteiger partial charge in [0.15, 0.2) is 11.5 Å². The minimum atomic E-state index is -0.337. The van der Waals surface area contributed by atoms with Crippen LogP contribution in [0.1, 0.15) is 25.0 Å². The van der Waals surface area contributed by atoms with Gasteiger partial charge in [-0.1, -0.05) is 54.1 Å². The summed E-state index contributed by atoms with van der Waals surface area (Å²) in [6, 6.07) is 17.2. The van der Waals surface area contributed by atoms with Crippen molar-refractivity contribution in [2.75, 3.05) is 13.2 Å². The highest BCUT2D eigenvalue weighted by Gasteiger charge is 2.35. The number of benzene rings is 3. The van der Waals surface area contributed by atoms with Crippen LogP contribution in [0, 0.1) is 0 Å². The Morgan fingerprint density at radius 2 is 1.66 bits per heavy atom. The fraction of sp³-hybridized carbons (Fsp3) is 0.200. The van der Waals surface area contributed by atoms with Crippen molar-refractivity contribution < 1.29 is 19.1 Å². The molecule has 0 aromatic heterocycles. The molecule has 1 fully saturated rings. The average molecular weight is 468 g/mol. The molecule has 0 aliphatic carbocycles. The Hall–Kier alpha value is -2.96. The van der Waals surface area contributed by atoms with E-state index in [-0.39, 0.29) is 17.7 Å². The average Bonchev–Trinajstić information content (AvgIpc) is 3.04. The first-order chi connectivity index (χ1) is 15.5. The number of carbonyl (C=O) groups excluding carboxylic acids is 2. The summed E-state index contributed by atoms with van der Waals surface area (Å²) in [4.78, 5) is 27.3. The zero-order valence-electron chi connectivity index (χ0n) is 17.8. The van der Waals surface area contributed by atoms with E-state index in [0.29, 0.717) is 40.2 Å². The number of amides is 2. The molecule has 0 N–H and O–H groups in total. The van der Waals surface area contributed by atoms with Crippen LogP contribution in [-0.2, 0) is 11.3 Å². The second kappa shape index (κ2) is 9.67. The Balaban J connectivity index is 1.63. The Labute approximate surface area is 195 Å². The molecular weight excluding hydrogens is 446 g/mol. The molecule has 0 unspecified atom stereocenters. The van der Waals surface area contributed by atoms with Crippen LogP contribution in [0.4, 0.5) is 4.79 Å². The number of hydrogen-bond donors (Lipinski definition) is 0. The van der Waals surface area contributed by atoms with Gasteiger partial charge in [0.2, 0.25) is 0 Å². The van der Waals surface area contributed by atoms with Crippen LogP contribution in [0.25, 0.3) is 16.8 Å². The van der Waals surface area contributed by atoms with E-state index in [9.17, 15) is 9.59 Å². The number of imide groups is 1. The van der Waals surface area contributed by atoms with E-state index in [1.165, 1.54) is 4.90 Å². The molecule has 32 heavy (non-hydrogen) atoms. The summed E-state index contributed by atoms with van der Waals surface area (Å²) in [5, 5.41) is 2.20.